The molecule has 0 radical (unpaired) electrons. The zero-order chi connectivity index (χ0) is 13.9. The number of nitrogens with two attached hydrogens (primary N) is 1. The van der Waals surface area contributed by atoms with Gasteiger partial charge in [-0.15, -0.1) is 0 Å². The van der Waals surface area contributed by atoms with Crippen molar-refractivity contribution in [1.29, 1.82) is 0 Å². The lowest BCUT2D eigenvalue weighted by molar-refractivity contribution is 0.782. The molecule has 0 saturated heterocycles. The molecule has 0 bridgehead atoms. The fraction of sp³-hybridized carbons (Fsp3) is 0.182. The maximum absolute atomic E-state index is 5.49. The zero-order valence-corrected chi connectivity index (χ0v) is 11.5. The smallest absolute Gasteiger partial charge is 0.187 e. The van der Waals surface area contributed by atoms with Crippen molar-refractivity contribution < 1.29 is 0 Å². The van der Waals surface area contributed by atoms with Crippen LogP contribution in [0.25, 0.3) is 11.0 Å². The Labute approximate surface area is 118 Å². The van der Waals surface area contributed by atoms with Crippen LogP contribution in [0.5, 0.6) is 0 Å². The van der Waals surface area contributed by atoms with Crippen molar-refractivity contribution in [3.8, 4) is 0 Å². The van der Waals surface area contributed by atoms with Gasteiger partial charge in [0.25, 0.3) is 0 Å². The summed E-state index contributed by atoms with van der Waals surface area (Å²) in [7, 11) is 1.83. The van der Waals surface area contributed by atoms with E-state index >= 15 is 0 Å². The highest BCUT2D eigenvalue weighted by atomic mass is 32.2. The Balaban J connectivity index is 1.89. The van der Waals surface area contributed by atoms with Gasteiger partial charge < -0.3 is 5.43 Å². The van der Waals surface area contributed by atoms with Gasteiger partial charge >= 0.3 is 0 Å². The van der Waals surface area contributed by atoms with Gasteiger partial charge in [-0.3, -0.25) is 4.68 Å². The summed E-state index contributed by atoms with van der Waals surface area (Å²) in [6, 6.07) is 1.78. The minimum absolute atomic E-state index is 0.555. The number of hydrazine groups is 1. The number of nitrogen functional groups attached to an aromatic ring is 1. The average Bonchev–Trinajstić information content (AvgIpc) is 2.87. The number of nitrogens with one attached hydrogen (secondary N) is 1. The zero-order valence-electron chi connectivity index (χ0n) is 10.7. The minimum atomic E-state index is 0.555. The van der Waals surface area contributed by atoms with Gasteiger partial charge in [-0.2, -0.15) is 5.10 Å². The van der Waals surface area contributed by atoms with Crippen LogP contribution in [0.3, 0.4) is 0 Å². The van der Waals surface area contributed by atoms with Crippen LogP contribution in [0.15, 0.2) is 29.8 Å². The Morgan fingerprint density at radius 2 is 2.10 bits per heavy atom. The number of thioether (sulfide) groups is 1. The van der Waals surface area contributed by atoms with E-state index in [1.165, 1.54) is 11.8 Å². The van der Waals surface area contributed by atoms with Gasteiger partial charge in [0.15, 0.2) is 16.6 Å². The van der Waals surface area contributed by atoms with Crippen molar-refractivity contribution in [1.82, 2.24) is 29.7 Å². The van der Waals surface area contributed by atoms with Crippen molar-refractivity contribution in [2.24, 2.45) is 12.9 Å². The molecule has 0 saturated carbocycles. The number of anilines is 1. The fourth-order valence-electron chi connectivity index (χ4n) is 1.73. The van der Waals surface area contributed by atoms with Gasteiger partial charge in [-0.05, 0) is 6.07 Å². The van der Waals surface area contributed by atoms with Gasteiger partial charge in [0, 0.05) is 19.4 Å². The van der Waals surface area contributed by atoms with Crippen molar-refractivity contribution in [2.45, 2.75) is 10.9 Å². The lowest BCUT2D eigenvalue weighted by atomic mass is 10.4. The lowest BCUT2D eigenvalue weighted by Crippen LogP contribution is -2.11. The van der Waals surface area contributed by atoms with Gasteiger partial charge in [0.1, 0.15) is 5.82 Å². The van der Waals surface area contributed by atoms with Crippen molar-refractivity contribution in [3.63, 3.8) is 0 Å². The molecule has 0 aliphatic rings. The van der Waals surface area contributed by atoms with Crippen molar-refractivity contribution in [3.05, 3.63) is 30.5 Å². The van der Waals surface area contributed by atoms with Gasteiger partial charge in [-0.25, -0.2) is 25.8 Å². The summed E-state index contributed by atoms with van der Waals surface area (Å²) in [6.45, 7) is 0. The molecule has 0 aliphatic heterocycles. The number of rotatable bonds is 4. The molecule has 102 valence electrons. The molecule has 0 unspecified atom stereocenters. The van der Waals surface area contributed by atoms with Crippen LogP contribution in [0.4, 0.5) is 5.82 Å². The summed E-state index contributed by atoms with van der Waals surface area (Å²) >= 11 is 1.46. The summed E-state index contributed by atoms with van der Waals surface area (Å²) in [5.74, 6) is 7.26. The van der Waals surface area contributed by atoms with E-state index in [0.717, 1.165) is 11.0 Å². The Morgan fingerprint density at radius 1 is 1.30 bits per heavy atom. The maximum Gasteiger partial charge on any atom is 0.187 e. The second-order valence-electron chi connectivity index (χ2n) is 3.96. The molecular formula is C11H12N8S. The predicted octanol–water partition coefficient (Wildman–Crippen LogP) is 0.731. The molecule has 0 aromatic carbocycles. The van der Waals surface area contributed by atoms with E-state index in [1.807, 2.05) is 7.05 Å². The van der Waals surface area contributed by atoms with E-state index in [2.05, 4.69) is 30.5 Å². The van der Waals surface area contributed by atoms with Crippen LogP contribution in [-0.2, 0) is 12.8 Å². The second kappa shape index (κ2) is 5.39. The van der Waals surface area contributed by atoms with E-state index in [0.29, 0.717) is 22.6 Å². The van der Waals surface area contributed by atoms with E-state index in [4.69, 9.17) is 5.84 Å². The SMILES string of the molecule is Cn1ncc2c(NN)nc(CSc3ncccn3)nc21. The van der Waals surface area contributed by atoms with Gasteiger partial charge in [0.2, 0.25) is 0 Å². The number of hydrogen-bond acceptors (Lipinski definition) is 8. The Hall–Kier alpha value is -2.26. The Morgan fingerprint density at radius 3 is 2.85 bits per heavy atom. The third-order valence-electron chi connectivity index (χ3n) is 2.65. The highest BCUT2D eigenvalue weighted by Gasteiger charge is 2.11. The first kappa shape index (κ1) is 12.8. The van der Waals surface area contributed by atoms with E-state index in [9.17, 15) is 0 Å². The lowest BCUT2D eigenvalue weighted by Gasteiger charge is -2.05. The molecule has 3 N–H and O–H groups in total. The number of aromatic nitrogens is 6. The van der Waals surface area contributed by atoms with Crippen molar-refractivity contribution >= 4 is 28.6 Å². The van der Waals surface area contributed by atoms with E-state index in [1.54, 1.807) is 29.3 Å². The molecule has 0 atom stereocenters. The minimum Gasteiger partial charge on any atom is -0.308 e. The molecule has 3 rings (SSSR count). The van der Waals surface area contributed by atoms with Crippen LogP contribution < -0.4 is 11.3 Å². The summed E-state index contributed by atoms with van der Waals surface area (Å²) in [6.07, 6.45) is 5.09. The summed E-state index contributed by atoms with van der Waals surface area (Å²) < 4.78 is 1.69. The number of hydrogen-bond donors (Lipinski definition) is 2. The summed E-state index contributed by atoms with van der Waals surface area (Å²) in [5.41, 5.74) is 3.31. The molecule has 9 heteroatoms. The van der Waals surface area contributed by atoms with Crippen LogP contribution in [-0.4, -0.2) is 29.7 Å². The van der Waals surface area contributed by atoms with E-state index in [-0.39, 0.29) is 0 Å². The first-order valence-corrected chi connectivity index (χ1v) is 6.81. The average molecular weight is 288 g/mol. The normalized spacial score (nSPS) is 10.9. The van der Waals surface area contributed by atoms with Crippen LogP contribution in [0, 0.1) is 0 Å². The summed E-state index contributed by atoms with van der Waals surface area (Å²) in [5, 5.41) is 5.63. The standard InChI is InChI=1S/C11H12N8S/c1-19-10-7(5-15-19)9(18-12)16-8(17-10)6-20-11-13-3-2-4-14-11/h2-5H,6,12H2,1H3,(H,16,17,18). The fourth-order valence-corrected chi connectivity index (χ4v) is 2.39. The first-order chi connectivity index (χ1) is 9.78. The van der Waals surface area contributed by atoms with Crippen molar-refractivity contribution in [2.75, 3.05) is 5.43 Å². The second-order valence-corrected chi connectivity index (χ2v) is 4.90. The third-order valence-corrected chi connectivity index (χ3v) is 3.52. The molecule has 3 aromatic rings. The number of aryl methyl sites for hydroxylation is 1. The summed E-state index contributed by atoms with van der Waals surface area (Å²) in [4.78, 5) is 17.1. The molecule has 0 aliphatic carbocycles. The third kappa shape index (κ3) is 2.40. The quantitative estimate of drug-likeness (QED) is 0.313. The first-order valence-electron chi connectivity index (χ1n) is 5.83. The monoisotopic (exact) mass is 288 g/mol. The molecule has 0 spiro atoms. The Bertz CT molecular complexity index is 726. The highest BCUT2D eigenvalue weighted by molar-refractivity contribution is 7.98. The molecular weight excluding hydrogens is 276 g/mol. The largest absolute Gasteiger partial charge is 0.308 e. The topological polar surface area (TPSA) is 107 Å². The molecule has 0 fully saturated rings. The van der Waals surface area contributed by atoms with Crippen LogP contribution in [0.2, 0.25) is 0 Å². The Kier molecular flexibility index (Phi) is 3.44. The van der Waals surface area contributed by atoms with E-state index < -0.39 is 0 Å². The van der Waals surface area contributed by atoms with Gasteiger partial charge in [0.05, 0.1) is 17.3 Å². The van der Waals surface area contributed by atoms with Crippen LogP contribution >= 0.6 is 11.8 Å². The molecule has 20 heavy (non-hydrogen) atoms. The number of nitrogens with zero attached hydrogens (tertiary/aromatic N) is 6. The molecule has 3 heterocycles. The molecule has 0 amide bonds. The molecule has 8 nitrogen and oxygen atoms in total. The molecule has 3 aromatic heterocycles. The van der Waals surface area contributed by atoms with Gasteiger partial charge in [-0.1, -0.05) is 11.8 Å². The highest BCUT2D eigenvalue weighted by Crippen LogP contribution is 2.22. The van der Waals surface area contributed by atoms with Crippen LogP contribution in [0.1, 0.15) is 5.82 Å². The number of fused-ring (bicyclic) bond motifs is 1. The maximum atomic E-state index is 5.49. The predicted molar refractivity (Wildman–Crippen MR) is 75.7 cm³/mol.